The minimum atomic E-state index is -3.11. The van der Waals surface area contributed by atoms with Crippen molar-refractivity contribution in [3.05, 3.63) is 65.2 Å². The second kappa shape index (κ2) is 9.46. The van der Waals surface area contributed by atoms with E-state index in [0.29, 0.717) is 24.1 Å². The van der Waals surface area contributed by atoms with Gasteiger partial charge in [0.2, 0.25) is 11.8 Å². The van der Waals surface area contributed by atoms with Gasteiger partial charge in [-0.1, -0.05) is 59.3 Å². The van der Waals surface area contributed by atoms with Crippen molar-refractivity contribution in [2.24, 2.45) is 0 Å². The van der Waals surface area contributed by atoms with Crippen LogP contribution in [0.15, 0.2) is 58.2 Å². The van der Waals surface area contributed by atoms with Crippen molar-refractivity contribution in [3.63, 3.8) is 0 Å². The summed E-state index contributed by atoms with van der Waals surface area (Å²) >= 11 is 1.17. The van der Waals surface area contributed by atoms with Gasteiger partial charge in [0.25, 0.3) is 5.22 Å². The van der Waals surface area contributed by atoms with Crippen molar-refractivity contribution >= 4 is 27.5 Å². The molecule has 0 spiro atoms. The topological polar surface area (TPSA) is 93.4 Å². The van der Waals surface area contributed by atoms with Gasteiger partial charge < -0.3 is 9.32 Å². The molecule has 1 aliphatic rings. The van der Waals surface area contributed by atoms with Crippen LogP contribution in [0.3, 0.4) is 0 Å². The molecule has 1 amide bonds. The standard InChI is InChI=1S/C23H25N3O4S2/c1-16-10-17(2)12-19(11-16)22-24-25-23(30-22)31-14-21(27)26(13-18-6-4-3-5-7-18)20-8-9-32(28,29)15-20/h3-7,10-12,20H,8-9,13-15H2,1-2H3. The zero-order valence-corrected chi connectivity index (χ0v) is 19.7. The highest BCUT2D eigenvalue weighted by Crippen LogP contribution is 2.26. The van der Waals surface area contributed by atoms with E-state index in [-0.39, 0.29) is 29.2 Å². The van der Waals surface area contributed by atoms with Crippen LogP contribution in [-0.2, 0) is 21.2 Å². The first kappa shape index (κ1) is 22.5. The molecule has 1 fully saturated rings. The first-order chi connectivity index (χ1) is 15.3. The fourth-order valence-corrected chi connectivity index (χ4v) is 6.29. The monoisotopic (exact) mass is 471 g/mol. The van der Waals surface area contributed by atoms with Crippen LogP contribution in [-0.4, -0.2) is 52.7 Å². The summed E-state index contributed by atoms with van der Waals surface area (Å²) < 4.78 is 29.8. The molecule has 1 unspecified atom stereocenters. The molecule has 1 saturated heterocycles. The lowest BCUT2D eigenvalue weighted by atomic mass is 10.1. The summed E-state index contributed by atoms with van der Waals surface area (Å²) in [6, 6.07) is 15.3. The largest absolute Gasteiger partial charge is 0.411 e. The Morgan fingerprint density at radius 1 is 1.12 bits per heavy atom. The zero-order valence-electron chi connectivity index (χ0n) is 18.0. The predicted molar refractivity (Wildman–Crippen MR) is 124 cm³/mol. The van der Waals surface area contributed by atoms with Crippen molar-refractivity contribution < 1.29 is 17.6 Å². The van der Waals surface area contributed by atoms with E-state index in [0.717, 1.165) is 22.3 Å². The van der Waals surface area contributed by atoms with Gasteiger partial charge in [-0.15, -0.1) is 10.2 Å². The highest BCUT2D eigenvalue weighted by molar-refractivity contribution is 7.99. The minimum Gasteiger partial charge on any atom is -0.411 e. The third kappa shape index (κ3) is 5.58. The van der Waals surface area contributed by atoms with Crippen molar-refractivity contribution in [1.29, 1.82) is 0 Å². The van der Waals surface area contributed by atoms with Gasteiger partial charge in [-0.2, -0.15) is 0 Å². The number of aryl methyl sites for hydroxylation is 2. The summed E-state index contributed by atoms with van der Waals surface area (Å²) in [7, 11) is -3.11. The summed E-state index contributed by atoms with van der Waals surface area (Å²) in [5.41, 5.74) is 4.01. The number of rotatable bonds is 7. The lowest BCUT2D eigenvalue weighted by Crippen LogP contribution is -2.41. The van der Waals surface area contributed by atoms with Crippen molar-refractivity contribution in [2.45, 2.75) is 38.1 Å². The van der Waals surface area contributed by atoms with Crippen molar-refractivity contribution in [1.82, 2.24) is 15.1 Å². The Hall–Kier alpha value is -2.65. The third-order valence-electron chi connectivity index (χ3n) is 5.36. The van der Waals surface area contributed by atoms with E-state index in [4.69, 9.17) is 4.42 Å². The number of amides is 1. The van der Waals surface area contributed by atoms with Crippen LogP contribution in [0.2, 0.25) is 0 Å². The molecule has 0 bridgehead atoms. The highest BCUT2D eigenvalue weighted by atomic mass is 32.2. The molecule has 0 aliphatic carbocycles. The minimum absolute atomic E-state index is 0.00759. The first-order valence-corrected chi connectivity index (χ1v) is 13.2. The number of carbonyl (C=O) groups is 1. The first-order valence-electron chi connectivity index (χ1n) is 10.4. The maximum absolute atomic E-state index is 13.1. The van der Waals surface area contributed by atoms with Crippen LogP contribution in [0.5, 0.6) is 0 Å². The van der Waals surface area contributed by atoms with E-state index < -0.39 is 9.84 Å². The van der Waals surface area contributed by atoms with Crippen LogP contribution in [0.1, 0.15) is 23.1 Å². The Morgan fingerprint density at radius 2 is 1.84 bits per heavy atom. The van der Waals surface area contributed by atoms with Gasteiger partial charge in [0.1, 0.15) is 0 Å². The second-order valence-corrected chi connectivity index (χ2v) is 11.3. The van der Waals surface area contributed by atoms with Crippen LogP contribution in [0, 0.1) is 13.8 Å². The number of aromatic nitrogens is 2. The Morgan fingerprint density at radius 3 is 2.50 bits per heavy atom. The Labute approximate surface area is 192 Å². The van der Waals surface area contributed by atoms with Gasteiger partial charge >= 0.3 is 0 Å². The SMILES string of the molecule is Cc1cc(C)cc(-c2nnc(SCC(=O)N(Cc3ccccc3)C3CCS(=O)(=O)C3)o2)c1. The molecule has 3 aromatic rings. The molecule has 2 heterocycles. The molecule has 0 N–H and O–H groups in total. The fourth-order valence-electron chi connectivity index (χ4n) is 3.91. The van der Waals surface area contributed by atoms with Crippen molar-refractivity contribution in [3.8, 4) is 11.5 Å². The van der Waals surface area contributed by atoms with E-state index in [1.165, 1.54) is 11.8 Å². The molecular formula is C23H25N3O4S2. The van der Waals surface area contributed by atoms with Gasteiger partial charge in [-0.3, -0.25) is 4.79 Å². The zero-order chi connectivity index (χ0) is 22.7. The molecule has 1 atom stereocenters. The lowest BCUT2D eigenvalue weighted by Gasteiger charge is -2.28. The average molecular weight is 472 g/mol. The van der Waals surface area contributed by atoms with Gasteiger partial charge in [0.05, 0.1) is 17.3 Å². The van der Waals surface area contributed by atoms with Gasteiger partial charge in [0.15, 0.2) is 9.84 Å². The molecule has 9 heteroatoms. The Balaban J connectivity index is 1.46. The summed E-state index contributed by atoms with van der Waals surface area (Å²) in [5.74, 6) is 0.486. The van der Waals surface area contributed by atoms with E-state index in [1.807, 2.05) is 56.3 Å². The second-order valence-electron chi connectivity index (χ2n) is 8.10. The van der Waals surface area contributed by atoms with Gasteiger partial charge in [-0.25, -0.2) is 8.42 Å². The molecule has 2 aromatic carbocycles. The fraction of sp³-hybridized carbons (Fsp3) is 0.348. The van der Waals surface area contributed by atoms with Crippen LogP contribution >= 0.6 is 11.8 Å². The smallest absolute Gasteiger partial charge is 0.277 e. The van der Waals surface area contributed by atoms with Gasteiger partial charge in [-0.05, 0) is 38.0 Å². The molecule has 1 aliphatic heterocycles. The van der Waals surface area contributed by atoms with E-state index in [2.05, 4.69) is 16.3 Å². The number of hydrogen-bond acceptors (Lipinski definition) is 7. The summed E-state index contributed by atoms with van der Waals surface area (Å²) in [5, 5.41) is 8.49. The van der Waals surface area contributed by atoms with Crippen molar-refractivity contribution in [2.75, 3.05) is 17.3 Å². The quantitative estimate of drug-likeness (QED) is 0.486. The average Bonchev–Trinajstić information content (AvgIpc) is 3.36. The molecule has 7 nitrogen and oxygen atoms in total. The van der Waals surface area contributed by atoms with E-state index in [1.54, 1.807) is 4.90 Å². The van der Waals surface area contributed by atoms with Crippen LogP contribution < -0.4 is 0 Å². The number of carbonyl (C=O) groups excluding carboxylic acids is 1. The van der Waals surface area contributed by atoms with Gasteiger partial charge in [0, 0.05) is 18.2 Å². The van der Waals surface area contributed by atoms with Crippen LogP contribution in [0.4, 0.5) is 0 Å². The summed E-state index contributed by atoms with van der Waals surface area (Å²) in [6.45, 7) is 4.38. The molecule has 32 heavy (non-hydrogen) atoms. The molecule has 4 rings (SSSR count). The number of sulfone groups is 1. The summed E-state index contributed by atoms with van der Waals surface area (Å²) in [4.78, 5) is 14.8. The maximum atomic E-state index is 13.1. The predicted octanol–water partition coefficient (Wildman–Crippen LogP) is 3.66. The number of nitrogens with zero attached hydrogens (tertiary/aromatic N) is 3. The number of hydrogen-bond donors (Lipinski definition) is 0. The van der Waals surface area contributed by atoms with Crippen LogP contribution in [0.25, 0.3) is 11.5 Å². The Bertz CT molecular complexity index is 1190. The van der Waals surface area contributed by atoms with E-state index in [9.17, 15) is 13.2 Å². The Kier molecular flexibility index (Phi) is 6.66. The number of thioether (sulfide) groups is 1. The molecule has 168 valence electrons. The summed E-state index contributed by atoms with van der Waals surface area (Å²) in [6.07, 6.45) is 0.461. The molecular weight excluding hydrogens is 446 g/mol. The highest BCUT2D eigenvalue weighted by Gasteiger charge is 2.34. The molecule has 1 aromatic heterocycles. The normalized spacial score (nSPS) is 17.4. The number of benzene rings is 2. The lowest BCUT2D eigenvalue weighted by molar-refractivity contribution is -0.130. The third-order valence-corrected chi connectivity index (χ3v) is 7.91. The molecule has 0 radical (unpaired) electrons. The maximum Gasteiger partial charge on any atom is 0.277 e. The van der Waals surface area contributed by atoms with E-state index >= 15 is 0 Å². The molecule has 0 saturated carbocycles.